The summed E-state index contributed by atoms with van der Waals surface area (Å²) in [6.07, 6.45) is 11.7. The van der Waals surface area contributed by atoms with Crippen LogP contribution in [0, 0.1) is 0 Å². The van der Waals surface area contributed by atoms with Gasteiger partial charge in [-0.05, 0) is 74.9 Å². The molecule has 39 heavy (non-hydrogen) atoms. The lowest BCUT2D eigenvalue weighted by atomic mass is 10.2. The van der Waals surface area contributed by atoms with Crippen molar-refractivity contribution in [1.82, 2.24) is 0 Å². The quantitative estimate of drug-likeness (QED) is 0.193. The third-order valence-corrected chi connectivity index (χ3v) is 6.05. The van der Waals surface area contributed by atoms with Crippen molar-refractivity contribution in [2.75, 3.05) is 0 Å². The van der Waals surface area contributed by atoms with Crippen molar-refractivity contribution in [2.45, 2.75) is 56.7 Å². The molecule has 3 aliphatic rings. The molecule has 3 aromatic rings. The van der Waals surface area contributed by atoms with Gasteiger partial charge in [-0.2, -0.15) is 0 Å². The molecule has 3 aliphatic carbocycles. The summed E-state index contributed by atoms with van der Waals surface area (Å²) < 4.78 is 0. The van der Waals surface area contributed by atoms with Crippen LogP contribution >= 0.6 is 0 Å². The smallest absolute Gasteiger partial charge is 0.166 e. The molecule has 0 radical (unpaired) electrons. The van der Waals surface area contributed by atoms with Gasteiger partial charge in [-0.25, -0.2) is 0 Å². The summed E-state index contributed by atoms with van der Waals surface area (Å²) in [4.78, 5) is 12.6. The van der Waals surface area contributed by atoms with Gasteiger partial charge in [0.1, 0.15) is 0 Å². The third-order valence-electron chi connectivity index (χ3n) is 6.05. The first-order valence-corrected chi connectivity index (χ1v) is 12.9. The molecule has 0 bridgehead atoms. The Morgan fingerprint density at radius 3 is 0.923 bits per heavy atom. The van der Waals surface area contributed by atoms with Crippen molar-refractivity contribution in [2.24, 2.45) is 15.0 Å². The molecule has 0 amide bonds. The number of hydrogen-bond acceptors (Lipinski definition) is 9. The normalized spacial score (nSPS) is 16.6. The van der Waals surface area contributed by atoms with Gasteiger partial charge in [0.05, 0.1) is 18.1 Å². The van der Waals surface area contributed by atoms with Crippen molar-refractivity contribution in [1.29, 1.82) is 0 Å². The van der Waals surface area contributed by atoms with Crippen LogP contribution in [0.2, 0.25) is 0 Å². The van der Waals surface area contributed by atoms with Crippen LogP contribution in [0.5, 0.6) is 34.5 Å². The zero-order valence-electron chi connectivity index (χ0n) is 21.4. The molecule has 6 rings (SSSR count). The molecule has 0 atom stereocenters. The van der Waals surface area contributed by atoms with E-state index in [9.17, 15) is 15.3 Å². The molecule has 9 heteroatoms. The highest BCUT2D eigenvalue weighted by atomic mass is 16.3. The molecule has 0 aromatic heterocycles. The second-order valence-corrected chi connectivity index (χ2v) is 9.67. The Bertz CT molecular complexity index is 1190. The predicted molar refractivity (Wildman–Crippen MR) is 151 cm³/mol. The molecule has 0 spiro atoms. The average molecular weight is 532 g/mol. The maximum Gasteiger partial charge on any atom is 0.166 e. The number of benzene rings is 3. The van der Waals surface area contributed by atoms with Crippen LogP contribution in [0.1, 0.15) is 55.2 Å². The van der Waals surface area contributed by atoms with Gasteiger partial charge in [0.15, 0.2) is 34.5 Å². The Morgan fingerprint density at radius 2 is 0.692 bits per heavy atom. The average Bonchev–Trinajstić information content (AvgIpc) is 3.76. The molecular weight excluding hydrogens is 498 g/mol. The fraction of sp³-hybridized carbons (Fsp3) is 0.300. The van der Waals surface area contributed by atoms with E-state index >= 15 is 0 Å². The van der Waals surface area contributed by atoms with E-state index in [1.807, 2.05) is 0 Å². The van der Waals surface area contributed by atoms with Crippen molar-refractivity contribution in [3.05, 3.63) is 71.3 Å². The van der Waals surface area contributed by atoms with Crippen LogP contribution in [-0.4, -0.2) is 67.4 Å². The van der Waals surface area contributed by atoms with Gasteiger partial charge in [0, 0.05) is 35.3 Å². The van der Waals surface area contributed by atoms with Crippen LogP contribution < -0.4 is 0 Å². The van der Waals surface area contributed by atoms with E-state index in [0.717, 1.165) is 38.5 Å². The summed E-state index contributed by atoms with van der Waals surface area (Å²) in [6.45, 7) is 0. The number of aromatic hydroxyl groups is 6. The summed E-state index contributed by atoms with van der Waals surface area (Å²) in [7, 11) is 0. The number of phenolic OH excluding ortho intramolecular Hbond substituents is 6. The Hall–Kier alpha value is -4.53. The minimum atomic E-state index is -0.0975. The van der Waals surface area contributed by atoms with Gasteiger partial charge in [0.2, 0.25) is 0 Å². The first-order valence-electron chi connectivity index (χ1n) is 12.9. The summed E-state index contributed by atoms with van der Waals surface area (Å²) in [5.74, 6) is -0.565. The van der Waals surface area contributed by atoms with Gasteiger partial charge >= 0.3 is 0 Å². The third kappa shape index (κ3) is 8.77. The highest BCUT2D eigenvalue weighted by molar-refractivity contribution is 5.86. The molecular formula is C30H33N3O6. The highest BCUT2D eigenvalue weighted by Gasteiger charge is 2.20. The zero-order chi connectivity index (χ0) is 27.8. The monoisotopic (exact) mass is 531 g/mol. The second kappa shape index (κ2) is 12.8. The van der Waals surface area contributed by atoms with E-state index in [2.05, 4.69) is 15.0 Å². The van der Waals surface area contributed by atoms with Crippen LogP contribution in [0.4, 0.5) is 0 Å². The summed E-state index contributed by atoms with van der Waals surface area (Å²) >= 11 is 0. The number of phenols is 6. The molecule has 0 unspecified atom stereocenters. The molecule has 3 aromatic carbocycles. The molecule has 0 heterocycles. The standard InChI is InChI=1S/3C10H11NO2/c3*12-9-3-1-2-7(10(9)13)6-11-8-4-5-8/h3*1-3,6,8,12-13H,4-5H2. The first kappa shape index (κ1) is 27.5. The second-order valence-electron chi connectivity index (χ2n) is 9.67. The maximum atomic E-state index is 9.39. The topological polar surface area (TPSA) is 158 Å². The van der Waals surface area contributed by atoms with E-state index in [4.69, 9.17) is 15.3 Å². The molecule has 3 saturated carbocycles. The number of rotatable bonds is 6. The van der Waals surface area contributed by atoms with Crippen LogP contribution in [0.25, 0.3) is 0 Å². The van der Waals surface area contributed by atoms with Gasteiger partial charge in [-0.3, -0.25) is 15.0 Å². The first-order chi connectivity index (χ1) is 18.8. The molecule has 0 saturated heterocycles. The fourth-order valence-electron chi connectivity index (χ4n) is 3.19. The van der Waals surface area contributed by atoms with Crippen molar-refractivity contribution in [3.63, 3.8) is 0 Å². The van der Waals surface area contributed by atoms with Crippen molar-refractivity contribution in [3.8, 4) is 34.5 Å². The highest BCUT2D eigenvalue weighted by Crippen LogP contribution is 2.30. The van der Waals surface area contributed by atoms with E-state index in [1.165, 1.54) is 18.2 Å². The van der Waals surface area contributed by atoms with Crippen molar-refractivity contribution >= 4 is 18.6 Å². The molecule has 6 N–H and O–H groups in total. The fourth-order valence-corrected chi connectivity index (χ4v) is 3.19. The van der Waals surface area contributed by atoms with Crippen molar-refractivity contribution < 1.29 is 30.6 Å². The van der Waals surface area contributed by atoms with E-state index in [0.29, 0.717) is 34.8 Å². The van der Waals surface area contributed by atoms with E-state index in [1.54, 1.807) is 55.0 Å². The molecule has 204 valence electrons. The summed E-state index contributed by atoms with van der Waals surface area (Å²) in [5.41, 5.74) is 1.73. The molecule has 0 aliphatic heterocycles. The van der Waals surface area contributed by atoms with E-state index < -0.39 is 0 Å². The van der Waals surface area contributed by atoms with Gasteiger partial charge < -0.3 is 30.6 Å². The van der Waals surface area contributed by atoms with E-state index in [-0.39, 0.29) is 34.5 Å². The molecule has 3 fully saturated rings. The Balaban J connectivity index is 0.000000136. The lowest BCUT2D eigenvalue weighted by Gasteiger charge is -1.99. The largest absolute Gasteiger partial charge is 0.504 e. The lowest BCUT2D eigenvalue weighted by Crippen LogP contribution is -1.84. The summed E-state index contributed by atoms with van der Waals surface area (Å²) in [6, 6.07) is 15.9. The van der Waals surface area contributed by atoms with Crippen LogP contribution in [0.15, 0.2) is 69.6 Å². The minimum Gasteiger partial charge on any atom is -0.504 e. The molecule has 9 nitrogen and oxygen atoms in total. The van der Waals surface area contributed by atoms with Gasteiger partial charge in [-0.15, -0.1) is 0 Å². The lowest BCUT2D eigenvalue weighted by molar-refractivity contribution is 0.403. The number of hydrogen-bond donors (Lipinski definition) is 6. The van der Waals surface area contributed by atoms with Crippen LogP contribution in [0.3, 0.4) is 0 Å². The number of nitrogens with zero attached hydrogens (tertiary/aromatic N) is 3. The summed E-state index contributed by atoms with van der Waals surface area (Å²) in [5, 5.41) is 55.7. The Kier molecular flexibility index (Phi) is 9.04. The Morgan fingerprint density at radius 1 is 0.436 bits per heavy atom. The van der Waals surface area contributed by atoms with Crippen LogP contribution in [-0.2, 0) is 0 Å². The number of aliphatic imine (C=N–C) groups is 3. The zero-order valence-corrected chi connectivity index (χ0v) is 21.4. The Labute approximate surface area is 226 Å². The predicted octanol–water partition coefficient (Wildman–Crippen LogP) is 5.04. The number of para-hydroxylation sites is 3. The van der Waals surface area contributed by atoms with Gasteiger partial charge in [-0.1, -0.05) is 18.2 Å². The minimum absolute atomic E-state index is 0.0908. The SMILES string of the molecule is Oc1cccc(C=NC2CC2)c1O.Oc1cccc(C=NC2CC2)c1O.Oc1cccc(C=NC2CC2)c1O. The maximum absolute atomic E-state index is 9.39. The van der Waals surface area contributed by atoms with Gasteiger partial charge in [0.25, 0.3) is 0 Å².